The fraction of sp³-hybridized carbons (Fsp3) is 0.878. The van der Waals surface area contributed by atoms with Gasteiger partial charge in [-0.15, -0.1) is 0 Å². The summed E-state index contributed by atoms with van der Waals surface area (Å²) in [5.74, 6) is -1.59. The third-order valence-electron chi connectivity index (χ3n) is 17.4. The van der Waals surface area contributed by atoms with Crippen molar-refractivity contribution >= 4 is 11.8 Å². The van der Waals surface area contributed by atoms with Crippen LogP contribution in [0.3, 0.4) is 0 Å². The van der Waals surface area contributed by atoms with E-state index >= 15 is 0 Å². The van der Waals surface area contributed by atoms with Gasteiger partial charge in [0, 0.05) is 52.6 Å². The summed E-state index contributed by atoms with van der Waals surface area (Å²) < 4.78 is 62.1. The predicted molar refractivity (Wildman–Crippen MR) is 234 cm³/mol. The first-order valence-corrected chi connectivity index (χ1v) is 24.0. The van der Waals surface area contributed by atoms with Crippen molar-refractivity contribution < 1.29 is 77.4 Å². The lowest BCUT2D eigenvalue weighted by Gasteiger charge is -2.67. The second-order valence-electron chi connectivity index (χ2n) is 21.0. The van der Waals surface area contributed by atoms with Crippen LogP contribution < -0.4 is 0 Å². The number of aliphatic hydroxyl groups is 4. The van der Waals surface area contributed by atoms with Crippen LogP contribution in [0.4, 0.5) is 0 Å². The minimum absolute atomic E-state index is 0.0276. The Bertz CT molecular complexity index is 1790. The summed E-state index contributed by atoms with van der Waals surface area (Å²) in [5.41, 5.74) is -6.04. The Balaban J connectivity index is 1.01. The molecule has 6 fully saturated rings. The molecule has 0 spiro atoms. The number of carbonyl (C=O) groups excluding carboxylic acids is 2. The van der Waals surface area contributed by atoms with E-state index in [0.717, 1.165) is 11.1 Å². The van der Waals surface area contributed by atoms with Crippen molar-refractivity contribution in [2.75, 3.05) is 21.3 Å². The van der Waals surface area contributed by atoms with E-state index in [0.29, 0.717) is 38.5 Å². The van der Waals surface area contributed by atoms with Crippen molar-refractivity contribution in [3.8, 4) is 0 Å². The van der Waals surface area contributed by atoms with Gasteiger partial charge in [0.25, 0.3) is 0 Å². The number of aliphatic hydroxyl groups excluding tert-OH is 1. The Hall–Kier alpha value is -1.90. The molecular weight excluding hydrogens is 845 g/mol. The molecular formula is C49H78O16. The summed E-state index contributed by atoms with van der Waals surface area (Å²) in [6.07, 6.45) is -0.620. The van der Waals surface area contributed by atoms with Crippen LogP contribution in [-0.2, 0) is 57.0 Å². The zero-order chi connectivity index (χ0) is 47.6. The van der Waals surface area contributed by atoms with Gasteiger partial charge in [-0.2, -0.15) is 0 Å². The Morgan fingerprint density at radius 2 is 1.31 bits per heavy atom. The maximum atomic E-state index is 13.5. The number of hydrogen-bond donors (Lipinski definition) is 4. The molecule has 3 saturated heterocycles. The molecule has 4 N–H and O–H groups in total. The lowest BCUT2D eigenvalue weighted by atomic mass is 9.42. The van der Waals surface area contributed by atoms with Gasteiger partial charge in [-0.3, -0.25) is 4.79 Å². The summed E-state index contributed by atoms with van der Waals surface area (Å²) >= 11 is 0. The number of methoxy groups -OCH3 is 3. The summed E-state index contributed by atoms with van der Waals surface area (Å²) in [7, 11) is 4.84. The number of ketones is 1. The van der Waals surface area contributed by atoms with E-state index in [1.807, 2.05) is 40.7 Å². The van der Waals surface area contributed by atoms with Crippen molar-refractivity contribution in [2.45, 2.75) is 229 Å². The molecule has 0 aromatic carbocycles. The summed E-state index contributed by atoms with van der Waals surface area (Å²) in [4.78, 5) is 26.8. The molecule has 3 saturated carbocycles. The Morgan fingerprint density at radius 1 is 0.769 bits per heavy atom. The zero-order valence-electron chi connectivity index (χ0n) is 40.7. The number of carbonyl (C=O) groups is 2. The molecule has 3 aliphatic heterocycles. The van der Waals surface area contributed by atoms with Gasteiger partial charge >= 0.3 is 5.97 Å². The standard InChI is InChI=1S/C49H78O16/c1-25(2)26(3)19-38(51)63-37-24-36-45(8)15-14-32(20-31(45)13-16-48(36,54)49(55)18-17-47(53,30(7)50)46(37,49)9)62-39-22-34(57-11)43(28(5)60-39)65-41-23-35(58-12)44(29(6)61-41)64-40-21-33(56-10)42(52)27(4)59-40/h13,19,25,27-29,32-37,39-44,52-55H,14-18,20-24H2,1-12H3/b26-19+/t27-,28-,29-,32-,33-,34-,35-,36-,37-,39+,40+,41+,42-,43-,44-,45+,46-,47-,48-,49+/m1/s1. The minimum Gasteiger partial charge on any atom is -0.458 e. The van der Waals surface area contributed by atoms with E-state index in [-0.39, 0.29) is 49.9 Å². The number of fused-ring (bicyclic) bond motifs is 5. The van der Waals surface area contributed by atoms with Crippen LogP contribution in [0, 0.1) is 22.7 Å². The monoisotopic (exact) mass is 923 g/mol. The highest BCUT2D eigenvalue weighted by Gasteiger charge is 2.81. The smallest absolute Gasteiger partial charge is 0.330 e. The van der Waals surface area contributed by atoms with Crippen molar-refractivity contribution in [1.29, 1.82) is 0 Å². The molecule has 65 heavy (non-hydrogen) atoms. The van der Waals surface area contributed by atoms with Gasteiger partial charge in [0.1, 0.15) is 41.2 Å². The maximum absolute atomic E-state index is 13.5. The molecule has 16 nitrogen and oxygen atoms in total. The topological polar surface area (TPSA) is 207 Å². The van der Waals surface area contributed by atoms with E-state index in [1.54, 1.807) is 35.2 Å². The van der Waals surface area contributed by atoms with Crippen LogP contribution in [0.15, 0.2) is 23.3 Å². The molecule has 3 heterocycles. The predicted octanol–water partition coefficient (Wildman–Crippen LogP) is 4.59. The first kappa shape index (κ1) is 51.0. The van der Waals surface area contributed by atoms with Gasteiger partial charge in [-0.05, 0) is 97.8 Å². The Morgan fingerprint density at radius 3 is 1.85 bits per heavy atom. The largest absolute Gasteiger partial charge is 0.458 e. The van der Waals surface area contributed by atoms with Crippen molar-refractivity contribution in [2.24, 2.45) is 22.7 Å². The fourth-order valence-electron chi connectivity index (χ4n) is 12.9. The molecule has 0 aromatic rings. The lowest BCUT2D eigenvalue weighted by molar-refractivity contribution is -0.338. The van der Waals surface area contributed by atoms with Crippen LogP contribution in [0.1, 0.15) is 127 Å². The number of esters is 1. The SMILES string of the molecule is CO[C@@H]1C[C@H](O[C@@H]2[C@@H](C)O[C@@H](O[C@@H]3[C@@H](C)O[C@@H](O[C@@H]4CC[C@@]5(C)C(=CC[C@@]6(O)[C@@H]5C[C@@H](OC(=O)/C=C(\C)C(C)C)[C@@]5(C)[C@@]6(O)CC[C@@]5(O)C(C)=O)C4)C[C@H]3OC)C[C@H]2OC)O[C@H](C)[C@H]1O. The van der Waals surface area contributed by atoms with Gasteiger partial charge in [0.15, 0.2) is 24.7 Å². The molecule has 7 rings (SSSR count). The van der Waals surface area contributed by atoms with Gasteiger partial charge in [0.2, 0.25) is 0 Å². The van der Waals surface area contributed by atoms with Gasteiger partial charge in [0.05, 0.1) is 48.1 Å². The van der Waals surface area contributed by atoms with Crippen LogP contribution in [0.5, 0.6) is 0 Å². The molecule has 370 valence electrons. The molecule has 0 radical (unpaired) electrons. The molecule has 0 amide bonds. The molecule has 20 atom stereocenters. The fourth-order valence-corrected chi connectivity index (χ4v) is 12.9. The lowest BCUT2D eigenvalue weighted by Crippen LogP contribution is -2.78. The third-order valence-corrected chi connectivity index (χ3v) is 17.4. The third kappa shape index (κ3) is 8.75. The van der Waals surface area contributed by atoms with Crippen molar-refractivity contribution in [3.05, 3.63) is 23.3 Å². The van der Waals surface area contributed by atoms with Crippen LogP contribution in [0.2, 0.25) is 0 Å². The van der Waals surface area contributed by atoms with Gasteiger partial charge < -0.3 is 67.8 Å². The number of Topliss-reactive ketones (excluding diaryl/α,β-unsaturated/α-hetero) is 1. The average Bonchev–Trinajstić information content (AvgIpc) is 3.48. The van der Waals surface area contributed by atoms with E-state index in [1.165, 1.54) is 13.0 Å². The molecule has 0 unspecified atom stereocenters. The van der Waals surface area contributed by atoms with Gasteiger partial charge in [-0.1, -0.05) is 38.0 Å². The summed E-state index contributed by atoms with van der Waals surface area (Å²) in [6.45, 7) is 16.4. The Labute approximate surface area is 384 Å². The van der Waals surface area contributed by atoms with E-state index in [9.17, 15) is 30.0 Å². The van der Waals surface area contributed by atoms with Crippen LogP contribution in [-0.4, -0.2) is 156 Å². The summed E-state index contributed by atoms with van der Waals surface area (Å²) in [5, 5.41) is 48.3. The van der Waals surface area contributed by atoms with Crippen LogP contribution in [0.25, 0.3) is 0 Å². The van der Waals surface area contributed by atoms with E-state index in [2.05, 4.69) is 6.92 Å². The molecule has 16 heteroatoms. The minimum atomic E-state index is -2.02. The average molecular weight is 923 g/mol. The van der Waals surface area contributed by atoms with E-state index in [4.69, 9.17) is 47.4 Å². The summed E-state index contributed by atoms with van der Waals surface area (Å²) in [6, 6.07) is 0. The normalized spacial score (nSPS) is 49.1. The highest BCUT2D eigenvalue weighted by atomic mass is 16.7. The first-order valence-electron chi connectivity index (χ1n) is 24.0. The molecule has 0 aromatic heterocycles. The number of rotatable bonds is 13. The number of allylic oxidation sites excluding steroid dienone is 1. The second kappa shape index (κ2) is 19.1. The highest BCUT2D eigenvalue weighted by molar-refractivity contribution is 5.87. The second-order valence-corrected chi connectivity index (χ2v) is 21.0. The van der Waals surface area contributed by atoms with Crippen LogP contribution >= 0.6 is 0 Å². The number of ether oxygens (including phenoxy) is 10. The molecule has 7 aliphatic rings. The van der Waals surface area contributed by atoms with Gasteiger partial charge in [-0.25, -0.2) is 4.79 Å². The maximum Gasteiger partial charge on any atom is 0.330 e. The van der Waals surface area contributed by atoms with E-state index < -0.39 is 113 Å². The quantitative estimate of drug-likeness (QED) is 0.113. The molecule has 4 aliphatic carbocycles. The zero-order valence-corrected chi connectivity index (χ0v) is 40.7. The Kier molecular flexibility index (Phi) is 15.0. The van der Waals surface area contributed by atoms with Crippen molar-refractivity contribution in [1.82, 2.24) is 0 Å². The highest BCUT2D eigenvalue weighted by Crippen LogP contribution is 2.71. The molecule has 0 bridgehead atoms. The number of hydrogen-bond acceptors (Lipinski definition) is 16. The first-order chi connectivity index (χ1) is 30.5. The van der Waals surface area contributed by atoms with Crippen molar-refractivity contribution in [3.63, 3.8) is 0 Å².